The molecule has 2 unspecified atom stereocenters. The van der Waals surface area contributed by atoms with E-state index in [0.29, 0.717) is 6.42 Å². The van der Waals surface area contributed by atoms with Crippen LogP contribution in [0.5, 0.6) is 0 Å². The number of carbonyl (C=O) groups excluding carboxylic acids is 1. The minimum Gasteiger partial charge on any atom is -0.432 e. The molecule has 0 fully saturated rings. The van der Waals surface area contributed by atoms with Crippen LogP contribution in [-0.2, 0) is 14.2 Å². The highest BCUT2D eigenvalue weighted by molar-refractivity contribution is 5.60. The first-order valence-corrected chi connectivity index (χ1v) is 5.55. The van der Waals surface area contributed by atoms with Crippen LogP contribution in [0.3, 0.4) is 0 Å². The normalized spacial score (nSPS) is 12.5. The van der Waals surface area contributed by atoms with Crippen molar-refractivity contribution in [2.75, 3.05) is 26.8 Å². The quantitative estimate of drug-likeness (QED) is 0.275. The molecule has 0 amide bonds. The second-order valence-corrected chi connectivity index (χ2v) is 3.39. The predicted molar refractivity (Wildman–Crippen MR) is 65.3 cm³/mol. The molecule has 19 heavy (non-hydrogen) atoms. The average molecular weight is 272 g/mol. The minimum atomic E-state index is -0.886. The Labute approximate surface area is 109 Å². The lowest BCUT2D eigenvalue weighted by Gasteiger charge is -2.16. The summed E-state index contributed by atoms with van der Waals surface area (Å²) in [6.07, 6.45) is -1.44. The fraction of sp³-hybridized carbons (Fsp3) is 0.889. The maximum atomic E-state index is 11.3. The first-order chi connectivity index (χ1) is 9.17. The van der Waals surface area contributed by atoms with E-state index >= 15 is 0 Å². The van der Waals surface area contributed by atoms with Gasteiger partial charge in [-0.05, 0) is 17.5 Å². The van der Waals surface area contributed by atoms with Gasteiger partial charge in [0.15, 0.2) is 0 Å². The van der Waals surface area contributed by atoms with Crippen LogP contribution in [0, 0.1) is 0 Å². The molecule has 0 heterocycles. The van der Waals surface area contributed by atoms with Gasteiger partial charge in [0, 0.05) is 16.9 Å². The summed E-state index contributed by atoms with van der Waals surface area (Å²) in [5.41, 5.74) is 16.3. The molecule has 0 bridgehead atoms. The molecule has 106 valence electrons. The molecule has 0 rings (SSSR count). The molecule has 2 atom stereocenters. The molecule has 0 aromatic carbocycles. The highest BCUT2D eigenvalue weighted by Gasteiger charge is 2.15. The molecule has 10 nitrogen and oxygen atoms in total. The monoisotopic (exact) mass is 272 g/mol. The van der Waals surface area contributed by atoms with E-state index in [0.717, 1.165) is 0 Å². The Hall–Kier alpha value is -2.15. The van der Waals surface area contributed by atoms with Crippen LogP contribution in [-0.4, -0.2) is 45.2 Å². The van der Waals surface area contributed by atoms with Crippen molar-refractivity contribution in [2.24, 2.45) is 10.2 Å². The highest BCUT2D eigenvalue weighted by Crippen LogP contribution is 2.03. The van der Waals surface area contributed by atoms with Crippen LogP contribution in [0.2, 0.25) is 0 Å². The van der Waals surface area contributed by atoms with E-state index in [-0.39, 0.29) is 19.7 Å². The SMILES string of the molecule is CCC(CN=[N+]=[N-])OC(=O)OCC(CN=[N+]=[N-])OC. The summed E-state index contributed by atoms with van der Waals surface area (Å²) in [6.45, 7) is 1.79. The second kappa shape index (κ2) is 11.0. The molecule has 0 aliphatic heterocycles. The zero-order valence-electron chi connectivity index (χ0n) is 10.8. The van der Waals surface area contributed by atoms with Gasteiger partial charge in [-0.3, -0.25) is 0 Å². The summed E-state index contributed by atoms with van der Waals surface area (Å²) < 4.78 is 14.7. The summed E-state index contributed by atoms with van der Waals surface area (Å²) in [4.78, 5) is 16.5. The number of carbonyl (C=O) groups is 1. The molecule has 0 N–H and O–H groups in total. The first-order valence-electron chi connectivity index (χ1n) is 5.55. The van der Waals surface area contributed by atoms with Gasteiger partial charge < -0.3 is 14.2 Å². The fourth-order valence-electron chi connectivity index (χ4n) is 1.03. The van der Waals surface area contributed by atoms with Gasteiger partial charge >= 0.3 is 6.16 Å². The van der Waals surface area contributed by atoms with Crippen LogP contribution in [0.4, 0.5) is 4.79 Å². The maximum Gasteiger partial charge on any atom is 0.508 e. The maximum absolute atomic E-state index is 11.3. The van der Waals surface area contributed by atoms with Crippen molar-refractivity contribution in [1.82, 2.24) is 0 Å². The number of ether oxygens (including phenoxy) is 3. The molecule has 0 aromatic rings. The third kappa shape index (κ3) is 8.56. The predicted octanol–water partition coefficient (Wildman–Crippen LogP) is 2.55. The Bertz CT molecular complexity index is 364. The number of nitrogens with zero attached hydrogens (tertiary/aromatic N) is 6. The fourth-order valence-corrected chi connectivity index (χ4v) is 1.03. The van der Waals surface area contributed by atoms with E-state index in [1.54, 1.807) is 6.92 Å². The summed E-state index contributed by atoms with van der Waals surface area (Å²) in [5, 5.41) is 6.62. The van der Waals surface area contributed by atoms with Gasteiger partial charge in [0.2, 0.25) is 0 Å². The topological polar surface area (TPSA) is 142 Å². The highest BCUT2D eigenvalue weighted by atomic mass is 16.7. The van der Waals surface area contributed by atoms with Gasteiger partial charge in [0.05, 0.1) is 19.2 Å². The number of azide groups is 2. The third-order valence-electron chi connectivity index (χ3n) is 2.14. The Morgan fingerprint density at radius 2 is 1.79 bits per heavy atom. The van der Waals surface area contributed by atoms with Gasteiger partial charge in [0.25, 0.3) is 0 Å². The van der Waals surface area contributed by atoms with Gasteiger partial charge in [-0.1, -0.05) is 17.2 Å². The number of rotatable bonds is 9. The Morgan fingerprint density at radius 3 is 2.26 bits per heavy atom. The van der Waals surface area contributed by atoms with Crippen LogP contribution < -0.4 is 0 Å². The number of hydrogen-bond donors (Lipinski definition) is 0. The van der Waals surface area contributed by atoms with Gasteiger partial charge in [-0.15, -0.1) is 0 Å². The van der Waals surface area contributed by atoms with Crippen LogP contribution in [0.15, 0.2) is 10.2 Å². The van der Waals surface area contributed by atoms with E-state index in [2.05, 4.69) is 20.1 Å². The molecule has 0 aliphatic rings. The smallest absolute Gasteiger partial charge is 0.432 e. The molecular formula is C9H16N6O4. The summed E-state index contributed by atoms with van der Waals surface area (Å²) in [7, 11) is 1.41. The lowest BCUT2D eigenvalue weighted by molar-refractivity contribution is -0.00974. The second-order valence-electron chi connectivity index (χ2n) is 3.39. The third-order valence-corrected chi connectivity index (χ3v) is 2.14. The van der Waals surface area contributed by atoms with E-state index < -0.39 is 18.4 Å². The Morgan fingerprint density at radius 1 is 1.21 bits per heavy atom. The largest absolute Gasteiger partial charge is 0.508 e. The molecule has 0 saturated carbocycles. The Kier molecular flexibility index (Phi) is 9.73. The summed E-state index contributed by atoms with van der Waals surface area (Å²) in [5.74, 6) is 0. The van der Waals surface area contributed by atoms with Crippen molar-refractivity contribution in [3.05, 3.63) is 20.9 Å². The van der Waals surface area contributed by atoms with E-state index in [9.17, 15) is 4.79 Å². The number of methoxy groups -OCH3 is 1. The van der Waals surface area contributed by atoms with Gasteiger partial charge in [-0.2, -0.15) is 0 Å². The molecule has 0 aliphatic carbocycles. The van der Waals surface area contributed by atoms with Crippen LogP contribution in [0.25, 0.3) is 20.9 Å². The van der Waals surface area contributed by atoms with Crippen molar-refractivity contribution in [3.63, 3.8) is 0 Å². The molecule has 0 spiro atoms. The molecule has 10 heteroatoms. The van der Waals surface area contributed by atoms with Crippen LogP contribution in [0.1, 0.15) is 13.3 Å². The van der Waals surface area contributed by atoms with Crippen molar-refractivity contribution in [2.45, 2.75) is 25.6 Å². The van der Waals surface area contributed by atoms with E-state index in [4.69, 9.17) is 25.3 Å². The molecular weight excluding hydrogens is 256 g/mol. The lowest BCUT2D eigenvalue weighted by atomic mass is 10.3. The Balaban J connectivity index is 4.07. The zero-order valence-corrected chi connectivity index (χ0v) is 10.8. The van der Waals surface area contributed by atoms with Crippen molar-refractivity contribution in [1.29, 1.82) is 0 Å². The van der Waals surface area contributed by atoms with Crippen molar-refractivity contribution in [3.8, 4) is 0 Å². The lowest BCUT2D eigenvalue weighted by Crippen LogP contribution is -2.26. The molecule has 0 aromatic heterocycles. The molecule has 0 radical (unpaired) electrons. The van der Waals surface area contributed by atoms with E-state index in [1.165, 1.54) is 7.11 Å². The summed E-state index contributed by atoms with van der Waals surface area (Å²) in [6, 6.07) is 0. The van der Waals surface area contributed by atoms with Gasteiger partial charge in [-0.25, -0.2) is 4.79 Å². The van der Waals surface area contributed by atoms with E-state index in [1.807, 2.05) is 0 Å². The van der Waals surface area contributed by atoms with Crippen molar-refractivity contribution < 1.29 is 19.0 Å². The first kappa shape index (κ1) is 16.9. The standard InChI is InChI=1S/C9H16N6O4/c1-3-7(4-12-14-10)19-9(16)18-6-8(17-2)5-13-15-11/h7-8H,3-6H2,1-2H3. The minimum absolute atomic E-state index is 0.0501. The van der Waals surface area contributed by atoms with Gasteiger partial charge in [0.1, 0.15) is 12.7 Å². The summed E-state index contributed by atoms with van der Waals surface area (Å²) >= 11 is 0. The van der Waals surface area contributed by atoms with Crippen molar-refractivity contribution >= 4 is 6.16 Å². The number of hydrogen-bond acceptors (Lipinski definition) is 6. The zero-order chi connectivity index (χ0) is 14.5. The molecule has 0 saturated heterocycles. The average Bonchev–Trinajstić information content (AvgIpc) is 2.43. The van der Waals surface area contributed by atoms with Crippen LogP contribution >= 0.6 is 0 Å².